The van der Waals surface area contributed by atoms with Crippen molar-refractivity contribution in [3.05, 3.63) is 90.1 Å². The van der Waals surface area contributed by atoms with E-state index in [0.717, 1.165) is 40.7 Å². The number of benzene rings is 3. The zero-order chi connectivity index (χ0) is 18.6. The molecule has 0 radical (unpaired) electrons. The number of fused-ring (bicyclic) bond motifs is 1. The summed E-state index contributed by atoms with van der Waals surface area (Å²) in [5, 5.41) is 5.83. The third-order valence-electron chi connectivity index (χ3n) is 4.83. The Hall–Kier alpha value is -3.07. The first-order valence-electron chi connectivity index (χ1n) is 9.51. The zero-order valence-electron chi connectivity index (χ0n) is 15.8. The van der Waals surface area contributed by atoms with Gasteiger partial charge in [0.25, 0.3) is 0 Å². The van der Waals surface area contributed by atoms with E-state index < -0.39 is 0 Å². The topological polar surface area (TPSA) is 27.1 Å². The Bertz CT molecular complexity index is 1000. The molecule has 3 heteroatoms. The molecule has 4 aromatic rings. The van der Waals surface area contributed by atoms with Crippen LogP contribution in [-0.2, 0) is 0 Å². The van der Waals surface area contributed by atoms with Gasteiger partial charge < -0.3 is 4.74 Å². The Kier molecular flexibility index (Phi) is 4.93. The van der Waals surface area contributed by atoms with Crippen LogP contribution in [0.2, 0.25) is 0 Å². The fourth-order valence-electron chi connectivity index (χ4n) is 3.43. The molecular formula is C24H24N2O. The summed E-state index contributed by atoms with van der Waals surface area (Å²) >= 11 is 0. The monoisotopic (exact) mass is 356 g/mol. The maximum Gasteiger partial charge on any atom is 0.124 e. The Morgan fingerprint density at radius 2 is 1.74 bits per heavy atom. The second-order valence-corrected chi connectivity index (χ2v) is 6.89. The summed E-state index contributed by atoms with van der Waals surface area (Å²) in [5.74, 6) is 0.898. The lowest BCUT2D eigenvalue weighted by atomic mass is 10.1. The van der Waals surface area contributed by atoms with Crippen molar-refractivity contribution in [2.75, 3.05) is 0 Å². The van der Waals surface area contributed by atoms with E-state index >= 15 is 0 Å². The van der Waals surface area contributed by atoms with Gasteiger partial charge in [-0.25, -0.2) is 4.68 Å². The standard InChI is InChI=1S/C24H24N2O/c1-3-9-24(19-10-5-4-6-11-19)27-21-14-15-23(18(2)16-21)26-17-20-12-7-8-13-22(20)25-26/h4-8,10-17,24H,3,9H2,1-2H3. The SMILES string of the molecule is CCCC(Oc1ccc(-n2cc3ccccc3n2)c(C)c1)c1ccccc1. The molecule has 0 aliphatic rings. The van der Waals surface area contributed by atoms with E-state index in [1.165, 1.54) is 5.56 Å². The van der Waals surface area contributed by atoms with Crippen LogP contribution in [0.25, 0.3) is 16.6 Å². The van der Waals surface area contributed by atoms with E-state index in [0.29, 0.717) is 0 Å². The molecule has 0 amide bonds. The van der Waals surface area contributed by atoms with Crippen molar-refractivity contribution in [2.45, 2.75) is 32.8 Å². The summed E-state index contributed by atoms with van der Waals surface area (Å²) < 4.78 is 8.29. The molecule has 1 atom stereocenters. The van der Waals surface area contributed by atoms with Crippen molar-refractivity contribution in [2.24, 2.45) is 0 Å². The molecule has 0 spiro atoms. The van der Waals surface area contributed by atoms with E-state index in [-0.39, 0.29) is 6.10 Å². The lowest BCUT2D eigenvalue weighted by Crippen LogP contribution is -2.08. The first-order valence-corrected chi connectivity index (χ1v) is 9.51. The number of aryl methyl sites for hydroxylation is 1. The summed E-state index contributed by atoms with van der Waals surface area (Å²) in [6.07, 6.45) is 4.22. The van der Waals surface area contributed by atoms with E-state index in [1.807, 2.05) is 35.0 Å². The van der Waals surface area contributed by atoms with Gasteiger partial charge in [-0.3, -0.25) is 0 Å². The predicted octanol–water partition coefficient (Wildman–Crippen LogP) is 6.25. The third kappa shape index (κ3) is 3.72. The van der Waals surface area contributed by atoms with Crippen LogP contribution in [0.1, 0.15) is 37.0 Å². The second-order valence-electron chi connectivity index (χ2n) is 6.89. The van der Waals surface area contributed by atoms with Crippen molar-refractivity contribution >= 4 is 10.9 Å². The van der Waals surface area contributed by atoms with Crippen LogP contribution in [0.15, 0.2) is 79.0 Å². The van der Waals surface area contributed by atoms with Gasteiger partial charge in [0.15, 0.2) is 0 Å². The number of hydrogen-bond donors (Lipinski definition) is 0. The summed E-state index contributed by atoms with van der Waals surface area (Å²) in [4.78, 5) is 0. The summed E-state index contributed by atoms with van der Waals surface area (Å²) in [6, 6.07) is 24.9. The lowest BCUT2D eigenvalue weighted by molar-refractivity contribution is 0.193. The van der Waals surface area contributed by atoms with Crippen LogP contribution < -0.4 is 4.74 Å². The number of hydrogen-bond acceptors (Lipinski definition) is 2. The molecule has 0 aliphatic carbocycles. The maximum atomic E-state index is 6.34. The molecule has 0 saturated carbocycles. The van der Waals surface area contributed by atoms with Crippen molar-refractivity contribution in [1.82, 2.24) is 9.78 Å². The number of ether oxygens (including phenoxy) is 1. The minimum atomic E-state index is 0.0775. The van der Waals surface area contributed by atoms with E-state index in [4.69, 9.17) is 4.74 Å². The number of rotatable bonds is 6. The Balaban J connectivity index is 1.61. The Morgan fingerprint density at radius 1 is 0.963 bits per heavy atom. The molecule has 0 saturated heterocycles. The van der Waals surface area contributed by atoms with Crippen LogP contribution in [-0.4, -0.2) is 9.78 Å². The molecule has 0 aliphatic heterocycles. The van der Waals surface area contributed by atoms with Crippen molar-refractivity contribution in [1.29, 1.82) is 0 Å². The van der Waals surface area contributed by atoms with Crippen molar-refractivity contribution < 1.29 is 4.74 Å². The van der Waals surface area contributed by atoms with E-state index in [1.54, 1.807) is 0 Å². The fraction of sp³-hybridized carbons (Fsp3) is 0.208. The molecule has 3 aromatic carbocycles. The third-order valence-corrected chi connectivity index (χ3v) is 4.83. The molecule has 27 heavy (non-hydrogen) atoms. The van der Waals surface area contributed by atoms with E-state index in [2.05, 4.69) is 67.6 Å². The normalized spacial score (nSPS) is 12.2. The highest BCUT2D eigenvalue weighted by Gasteiger charge is 2.13. The molecule has 1 heterocycles. The highest BCUT2D eigenvalue weighted by Crippen LogP contribution is 2.28. The van der Waals surface area contributed by atoms with E-state index in [9.17, 15) is 0 Å². The molecule has 1 unspecified atom stereocenters. The average Bonchev–Trinajstić information content (AvgIpc) is 3.12. The quantitative estimate of drug-likeness (QED) is 0.408. The largest absolute Gasteiger partial charge is 0.486 e. The van der Waals surface area contributed by atoms with Gasteiger partial charge in [-0.05, 0) is 48.7 Å². The van der Waals surface area contributed by atoms with Crippen LogP contribution in [0, 0.1) is 6.92 Å². The Labute approximate surface area is 160 Å². The fourth-order valence-corrected chi connectivity index (χ4v) is 3.43. The van der Waals surface area contributed by atoms with Gasteiger partial charge in [-0.1, -0.05) is 61.9 Å². The average molecular weight is 356 g/mol. The molecular weight excluding hydrogens is 332 g/mol. The number of aromatic nitrogens is 2. The molecule has 0 fully saturated rings. The predicted molar refractivity (Wildman–Crippen MR) is 111 cm³/mol. The summed E-state index contributed by atoms with van der Waals surface area (Å²) in [7, 11) is 0. The van der Waals surface area contributed by atoms with Gasteiger partial charge in [0.2, 0.25) is 0 Å². The van der Waals surface area contributed by atoms with Crippen LogP contribution in [0.3, 0.4) is 0 Å². The molecule has 4 rings (SSSR count). The van der Waals surface area contributed by atoms with Gasteiger partial charge in [0.1, 0.15) is 11.9 Å². The number of nitrogens with zero attached hydrogens (tertiary/aromatic N) is 2. The van der Waals surface area contributed by atoms with Crippen LogP contribution >= 0.6 is 0 Å². The minimum Gasteiger partial charge on any atom is -0.486 e. The molecule has 1 aromatic heterocycles. The molecule has 0 N–H and O–H groups in total. The van der Waals surface area contributed by atoms with Gasteiger partial charge >= 0.3 is 0 Å². The first-order chi connectivity index (χ1) is 13.2. The highest BCUT2D eigenvalue weighted by molar-refractivity contribution is 5.78. The minimum absolute atomic E-state index is 0.0775. The Morgan fingerprint density at radius 3 is 2.48 bits per heavy atom. The van der Waals surface area contributed by atoms with Gasteiger partial charge in [0.05, 0.1) is 11.2 Å². The lowest BCUT2D eigenvalue weighted by Gasteiger charge is -2.20. The summed E-state index contributed by atoms with van der Waals surface area (Å²) in [5.41, 5.74) is 4.44. The maximum absolute atomic E-state index is 6.34. The van der Waals surface area contributed by atoms with Crippen LogP contribution in [0.4, 0.5) is 0 Å². The van der Waals surface area contributed by atoms with Crippen molar-refractivity contribution in [3.8, 4) is 11.4 Å². The summed E-state index contributed by atoms with van der Waals surface area (Å²) in [6.45, 7) is 4.29. The first kappa shape index (κ1) is 17.3. The molecule has 3 nitrogen and oxygen atoms in total. The van der Waals surface area contributed by atoms with Gasteiger partial charge in [0, 0.05) is 11.6 Å². The molecule has 136 valence electrons. The zero-order valence-corrected chi connectivity index (χ0v) is 15.8. The van der Waals surface area contributed by atoms with Crippen LogP contribution in [0.5, 0.6) is 5.75 Å². The molecule has 0 bridgehead atoms. The van der Waals surface area contributed by atoms with Gasteiger partial charge in [-0.15, -0.1) is 0 Å². The van der Waals surface area contributed by atoms with Crippen molar-refractivity contribution in [3.63, 3.8) is 0 Å². The van der Waals surface area contributed by atoms with Gasteiger partial charge in [-0.2, -0.15) is 5.10 Å². The smallest absolute Gasteiger partial charge is 0.124 e. The second kappa shape index (κ2) is 7.67. The highest BCUT2D eigenvalue weighted by atomic mass is 16.5.